The van der Waals surface area contributed by atoms with Crippen LogP contribution in [0.5, 0.6) is 5.75 Å². The lowest BCUT2D eigenvalue weighted by Gasteiger charge is -2.15. The zero-order valence-electron chi connectivity index (χ0n) is 11.2. The Bertz CT molecular complexity index is 595. The van der Waals surface area contributed by atoms with E-state index in [4.69, 9.17) is 16.3 Å². The Morgan fingerprint density at radius 2 is 1.84 bits per heavy atom. The normalized spacial score (nSPS) is 12.3. The first-order valence-corrected chi connectivity index (χ1v) is 7.30. The summed E-state index contributed by atoms with van der Waals surface area (Å²) in [6.07, 6.45) is 0. The Kier molecular flexibility index (Phi) is 4.54. The van der Waals surface area contributed by atoms with E-state index in [-0.39, 0.29) is 5.38 Å². The van der Waals surface area contributed by atoms with Gasteiger partial charge in [-0.25, -0.2) is 0 Å². The molecule has 1 unspecified atom stereocenters. The highest BCUT2D eigenvalue weighted by atomic mass is 79.9. The fourth-order valence-corrected chi connectivity index (χ4v) is 3.02. The zero-order valence-corrected chi connectivity index (χ0v) is 13.5. The molecule has 3 heteroatoms. The van der Waals surface area contributed by atoms with Crippen LogP contribution in [0.4, 0.5) is 0 Å². The summed E-state index contributed by atoms with van der Waals surface area (Å²) in [6, 6.07) is 12.3. The van der Waals surface area contributed by atoms with Crippen LogP contribution in [0.3, 0.4) is 0 Å². The molecule has 0 spiro atoms. The minimum absolute atomic E-state index is 0.168. The average molecular weight is 340 g/mol. The lowest BCUT2D eigenvalue weighted by Crippen LogP contribution is -1.97. The number of ether oxygens (including phenoxy) is 1. The second kappa shape index (κ2) is 5.98. The number of aryl methyl sites for hydroxylation is 2. The Morgan fingerprint density at radius 1 is 1.11 bits per heavy atom. The van der Waals surface area contributed by atoms with Gasteiger partial charge in [0.1, 0.15) is 5.75 Å². The molecule has 0 aliphatic heterocycles. The molecule has 0 N–H and O–H groups in total. The summed E-state index contributed by atoms with van der Waals surface area (Å²) in [5, 5.41) is -0.168. The van der Waals surface area contributed by atoms with Crippen LogP contribution < -0.4 is 4.74 Å². The first kappa shape index (κ1) is 14.4. The molecule has 19 heavy (non-hydrogen) atoms. The predicted octanol–water partition coefficient (Wildman–Crippen LogP) is 5.40. The third-order valence-electron chi connectivity index (χ3n) is 3.14. The van der Waals surface area contributed by atoms with Gasteiger partial charge in [-0.05, 0) is 42.7 Å². The lowest BCUT2D eigenvalue weighted by molar-refractivity contribution is 0.411. The second-order valence-electron chi connectivity index (χ2n) is 4.62. The Balaban J connectivity index is 2.41. The number of halogens is 2. The van der Waals surface area contributed by atoms with Crippen LogP contribution in [0.15, 0.2) is 40.9 Å². The Hall–Kier alpha value is -0.990. The molecule has 0 amide bonds. The summed E-state index contributed by atoms with van der Waals surface area (Å²) in [7, 11) is 1.68. The highest BCUT2D eigenvalue weighted by Gasteiger charge is 2.15. The van der Waals surface area contributed by atoms with Crippen LogP contribution in [-0.2, 0) is 0 Å². The van der Waals surface area contributed by atoms with E-state index >= 15 is 0 Å². The molecular weight excluding hydrogens is 324 g/mol. The number of rotatable bonds is 3. The van der Waals surface area contributed by atoms with Gasteiger partial charge in [0, 0.05) is 4.47 Å². The summed E-state index contributed by atoms with van der Waals surface area (Å²) in [6.45, 7) is 4.09. The molecule has 2 aromatic carbocycles. The molecule has 1 nitrogen and oxygen atoms in total. The second-order valence-corrected chi connectivity index (χ2v) is 5.91. The maximum Gasteiger partial charge on any atom is 0.121 e. The van der Waals surface area contributed by atoms with Gasteiger partial charge in [-0.1, -0.05) is 45.8 Å². The third kappa shape index (κ3) is 3.13. The van der Waals surface area contributed by atoms with Gasteiger partial charge in [-0.2, -0.15) is 0 Å². The highest BCUT2D eigenvalue weighted by Crippen LogP contribution is 2.35. The molecule has 0 radical (unpaired) electrons. The van der Waals surface area contributed by atoms with Crippen LogP contribution in [0.25, 0.3) is 0 Å². The van der Waals surface area contributed by atoms with Crippen molar-refractivity contribution in [1.29, 1.82) is 0 Å². The maximum absolute atomic E-state index is 6.61. The third-order valence-corrected chi connectivity index (χ3v) is 4.35. The molecule has 0 heterocycles. The Morgan fingerprint density at radius 3 is 2.47 bits per heavy atom. The van der Waals surface area contributed by atoms with Crippen molar-refractivity contribution in [2.75, 3.05) is 7.11 Å². The van der Waals surface area contributed by atoms with Crippen LogP contribution >= 0.6 is 27.5 Å². The van der Waals surface area contributed by atoms with Crippen molar-refractivity contribution in [3.05, 3.63) is 63.1 Å². The minimum atomic E-state index is -0.168. The van der Waals surface area contributed by atoms with Crippen molar-refractivity contribution in [3.63, 3.8) is 0 Å². The largest absolute Gasteiger partial charge is 0.496 e. The first-order chi connectivity index (χ1) is 9.02. The molecule has 0 aromatic heterocycles. The van der Waals surface area contributed by atoms with Crippen molar-refractivity contribution >= 4 is 27.5 Å². The zero-order chi connectivity index (χ0) is 14.0. The van der Waals surface area contributed by atoms with E-state index in [9.17, 15) is 0 Å². The SMILES string of the molecule is COc1ccc(C(Cl)c2cc(C)ccc2Br)cc1C. The van der Waals surface area contributed by atoms with Gasteiger partial charge in [0.2, 0.25) is 0 Å². The van der Waals surface area contributed by atoms with E-state index < -0.39 is 0 Å². The van der Waals surface area contributed by atoms with Crippen molar-refractivity contribution in [2.24, 2.45) is 0 Å². The van der Waals surface area contributed by atoms with Crippen molar-refractivity contribution in [3.8, 4) is 5.75 Å². The van der Waals surface area contributed by atoms with E-state index in [1.165, 1.54) is 5.56 Å². The van der Waals surface area contributed by atoms with Gasteiger partial charge >= 0.3 is 0 Å². The van der Waals surface area contributed by atoms with E-state index in [0.29, 0.717) is 0 Å². The van der Waals surface area contributed by atoms with E-state index in [1.54, 1.807) is 7.11 Å². The molecule has 100 valence electrons. The predicted molar refractivity (Wildman–Crippen MR) is 84.3 cm³/mol. The molecule has 0 fully saturated rings. The molecule has 0 aliphatic rings. The number of methoxy groups -OCH3 is 1. The standard InChI is InChI=1S/C16H16BrClO/c1-10-4-6-14(17)13(8-10)16(18)12-5-7-15(19-3)11(2)9-12/h4-9,16H,1-3H3. The highest BCUT2D eigenvalue weighted by molar-refractivity contribution is 9.10. The van der Waals surface area contributed by atoms with Gasteiger partial charge in [0.05, 0.1) is 12.5 Å². The summed E-state index contributed by atoms with van der Waals surface area (Å²) in [5.74, 6) is 0.885. The van der Waals surface area contributed by atoms with Crippen molar-refractivity contribution in [1.82, 2.24) is 0 Å². The number of alkyl halides is 1. The van der Waals surface area contributed by atoms with Crippen LogP contribution in [0, 0.1) is 13.8 Å². The van der Waals surface area contributed by atoms with Gasteiger partial charge in [0.25, 0.3) is 0 Å². The van der Waals surface area contributed by atoms with Gasteiger partial charge in [-0.3, -0.25) is 0 Å². The number of hydrogen-bond donors (Lipinski definition) is 0. The topological polar surface area (TPSA) is 9.23 Å². The number of benzene rings is 2. The molecule has 0 saturated carbocycles. The van der Waals surface area contributed by atoms with E-state index in [0.717, 1.165) is 26.9 Å². The summed E-state index contributed by atoms with van der Waals surface area (Å²) >= 11 is 10.2. The fourth-order valence-electron chi connectivity index (χ4n) is 2.10. The fraction of sp³-hybridized carbons (Fsp3) is 0.250. The summed E-state index contributed by atoms with van der Waals surface area (Å²) in [5.41, 5.74) is 4.46. The van der Waals surface area contributed by atoms with Crippen LogP contribution in [0.1, 0.15) is 27.6 Å². The smallest absolute Gasteiger partial charge is 0.121 e. The average Bonchev–Trinajstić information content (AvgIpc) is 2.40. The summed E-state index contributed by atoms with van der Waals surface area (Å²) in [4.78, 5) is 0. The molecule has 0 aliphatic carbocycles. The molecule has 1 atom stereocenters. The van der Waals surface area contributed by atoms with E-state index in [2.05, 4.69) is 41.1 Å². The van der Waals surface area contributed by atoms with E-state index in [1.807, 2.05) is 25.1 Å². The van der Waals surface area contributed by atoms with Crippen LogP contribution in [-0.4, -0.2) is 7.11 Å². The number of hydrogen-bond acceptors (Lipinski definition) is 1. The van der Waals surface area contributed by atoms with Gasteiger partial charge in [0.15, 0.2) is 0 Å². The molecule has 0 saturated heterocycles. The lowest BCUT2D eigenvalue weighted by atomic mass is 10.0. The molecule has 2 rings (SSSR count). The molecule has 0 bridgehead atoms. The van der Waals surface area contributed by atoms with Crippen LogP contribution in [0.2, 0.25) is 0 Å². The van der Waals surface area contributed by atoms with Crippen molar-refractivity contribution < 1.29 is 4.74 Å². The van der Waals surface area contributed by atoms with Crippen molar-refractivity contribution in [2.45, 2.75) is 19.2 Å². The van der Waals surface area contributed by atoms with Gasteiger partial charge < -0.3 is 4.74 Å². The van der Waals surface area contributed by atoms with Gasteiger partial charge in [-0.15, -0.1) is 11.6 Å². The minimum Gasteiger partial charge on any atom is -0.496 e. The first-order valence-electron chi connectivity index (χ1n) is 6.07. The molecular formula is C16H16BrClO. The quantitative estimate of drug-likeness (QED) is 0.680. The Labute approximate surface area is 127 Å². The molecule has 2 aromatic rings. The summed E-state index contributed by atoms with van der Waals surface area (Å²) < 4.78 is 6.31. The monoisotopic (exact) mass is 338 g/mol. The maximum atomic E-state index is 6.61.